The zero-order valence-electron chi connectivity index (χ0n) is 4.14. The molecule has 0 aromatic carbocycles. The molecule has 0 bridgehead atoms. The van der Waals surface area contributed by atoms with Crippen LogP contribution in [0.5, 0.6) is 0 Å². The first kappa shape index (κ1) is 9.30. The number of hydrogen-bond donors (Lipinski definition) is 2. The Kier molecular flexibility index (Phi) is 3.02. The van der Waals surface area contributed by atoms with Crippen molar-refractivity contribution >= 4 is 40.8 Å². The van der Waals surface area contributed by atoms with Gasteiger partial charge in [-0.05, 0) is 0 Å². The van der Waals surface area contributed by atoms with Gasteiger partial charge in [-0.1, -0.05) is 34.8 Å². The van der Waals surface area contributed by atoms with E-state index in [0.29, 0.717) is 0 Å². The molecule has 1 atom stereocenters. The van der Waals surface area contributed by atoms with Crippen LogP contribution in [0.25, 0.3) is 0 Å². The van der Waals surface area contributed by atoms with E-state index in [1.54, 1.807) is 0 Å². The molecule has 0 fully saturated rings. The lowest BCUT2D eigenvalue weighted by Crippen LogP contribution is -2.41. The van der Waals surface area contributed by atoms with E-state index in [9.17, 15) is 4.79 Å². The number of carboxylic acids is 1. The number of nitrogens with two attached hydrogens (primary N) is 1. The Morgan fingerprint density at radius 3 is 1.89 bits per heavy atom. The number of halogens is 3. The van der Waals surface area contributed by atoms with Gasteiger partial charge in [0.05, 0.1) is 0 Å². The van der Waals surface area contributed by atoms with Crippen LogP contribution in [0.15, 0.2) is 0 Å². The molecule has 0 amide bonds. The van der Waals surface area contributed by atoms with Gasteiger partial charge in [-0.2, -0.15) is 0 Å². The number of carbonyl (C=O) groups is 1. The van der Waals surface area contributed by atoms with Crippen LogP contribution in [0, 0.1) is 0 Å². The van der Waals surface area contributed by atoms with E-state index in [4.69, 9.17) is 45.6 Å². The van der Waals surface area contributed by atoms with Crippen molar-refractivity contribution in [1.29, 1.82) is 0 Å². The maximum Gasteiger partial charge on any atom is 0.324 e. The second kappa shape index (κ2) is 2.92. The fourth-order valence-electron chi connectivity index (χ4n) is 0.140. The molecule has 0 heterocycles. The van der Waals surface area contributed by atoms with Crippen LogP contribution in [-0.4, -0.2) is 20.9 Å². The molecule has 6 heteroatoms. The summed E-state index contributed by atoms with van der Waals surface area (Å²) < 4.78 is -1.92. The molecule has 0 aliphatic carbocycles. The Morgan fingerprint density at radius 1 is 1.56 bits per heavy atom. The highest BCUT2D eigenvalue weighted by atomic mass is 35.6. The minimum atomic E-state index is -1.92. The number of alkyl halides is 3. The SMILES string of the molecule is N[C@@H](C(=O)O)C(Cl)(Cl)Cl. The van der Waals surface area contributed by atoms with Crippen LogP contribution in [0.4, 0.5) is 0 Å². The lowest BCUT2D eigenvalue weighted by molar-refractivity contribution is -0.138. The summed E-state index contributed by atoms with van der Waals surface area (Å²) in [5, 5.41) is 8.14. The monoisotopic (exact) mass is 191 g/mol. The summed E-state index contributed by atoms with van der Waals surface area (Å²) in [7, 11) is 0. The highest BCUT2D eigenvalue weighted by Crippen LogP contribution is 2.28. The van der Waals surface area contributed by atoms with Crippen molar-refractivity contribution in [2.45, 2.75) is 9.83 Å². The van der Waals surface area contributed by atoms with Gasteiger partial charge < -0.3 is 10.8 Å². The third kappa shape index (κ3) is 3.11. The lowest BCUT2D eigenvalue weighted by Gasteiger charge is -2.14. The summed E-state index contributed by atoms with van der Waals surface area (Å²) >= 11 is 15.3. The van der Waals surface area contributed by atoms with Crippen molar-refractivity contribution in [2.24, 2.45) is 5.73 Å². The predicted molar refractivity (Wildman–Crippen MR) is 35.9 cm³/mol. The maximum atomic E-state index is 9.97. The Balaban J connectivity index is 4.04. The summed E-state index contributed by atoms with van der Waals surface area (Å²) in [5.41, 5.74) is 4.90. The molecule has 3 nitrogen and oxygen atoms in total. The van der Waals surface area contributed by atoms with Gasteiger partial charge in [-0.25, -0.2) is 0 Å². The van der Waals surface area contributed by atoms with Crippen molar-refractivity contribution in [1.82, 2.24) is 0 Å². The molecule has 54 valence electrons. The third-order valence-corrected chi connectivity index (χ3v) is 1.32. The summed E-state index contributed by atoms with van der Waals surface area (Å²) in [6.07, 6.45) is 0. The molecule has 0 aliphatic rings. The van der Waals surface area contributed by atoms with E-state index >= 15 is 0 Å². The van der Waals surface area contributed by atoms with Gasteiger partial charge in [0.1, 0.15) is 0 Å². The molecule has 0 aliphatic heterocycles. The van der Waals surface area contributed by atoms with E-state index in [1.165, 1.54) is 0 Å². The van der Waals surface area contributed by atoms with Crippen molar-refractivity contribution in [3.05, 3.63) is 0 Å². The van der Waals surface area contributed by atoms with E-state index in [2.05, 4.69) is 0 Å². The molecule has 0 rings (SSSR count). The van der Waals surface area contributed by atoms with Crippen LogP contribution in [-0.2, 0) is 4.79 Å². The van der Waals surface area contributed by atoms with Gasteiger partial charge in [-0.3, -0.25) is 4.79 Å². The summed E-state index contributed by atoms with van der Waals surface area (Å²) in [6, 6.07) is -1.47. The summed E-state index contributed by atoms with van der Waals surface area (Å²) in [6.45, 7) is 0. The van der Waals surface area contributed by atoms with Gasteiger partial charge in [0, 0.05) is 0 Å². The fraction of sp³-hybridized carbons (Fsp3) is 0.667. The highest BCUT2D eigenvalue weighted by molar-refractivity contribution is 6.68. The van der Waals surface area contributed by atoms with Gasteiger partial charge >= 0.3 is 5.97 Å². The standard InChI is InChI=1S/C3H4Cl3NO2/c4-3(5,6)1(7)2(8)9/h1H,7H2,(H,8,9)/t1-/m0/s1. The molecule has 0 aromatic heterocycles. The fourth-order valence-corrected chi connectivity index (χ4v) is 0.420. The minimum Gasteiger partial charge on any atom is -0.480 e. The Morgan fingerprint density at radius 2 is 1.89 bits per heavy atom. The predicted octanol–water partition coefficient (Wildman–Crippen LogP) is 0.768. The maximum absolute atomic E-state index is 9.97. The highest BCUT2D eigenvalue weighted by Gasteiger charge is 2.34. The lowest BCUT2D eigenvalue weighted by atomic mass is 10.4. The van der Waals surface area contributed by atoms with Crippen LogP contribution >= 0.6 is 34.8 Å². The quantitative estimate of drug-likeness (QED) is 0.603. The van der Waals surface area contributed by atoms with Crippen molar-refractivity contribution in [3.63, 3.8) is 0 Å². The second-order valence-corrected chi connectivity index (χ2v) is 3.73. The zero-order chi connectivity index (χ0) is 7.65. The topological polar surface area (TPSA) is 63.3 Å². The smallest absolute Gasteiger partial charge is 0.324 e. The molecule has 0 saturated heterocycles. The molecular weight excluding hydrogens is 188 g/mol. The first-order valence-corrected chi connectivity index (χ1v) is 3.04. The van der Waals surface area contributed by atoms with Gasteiger partial charge in [0.15, 0.2) is 6.04 Å². The van der Waals surface area contributed by atoms with Gasteiger partial charge in [0.2, 0.25) is 3.79 Å². The van der Waals surface area contributed by atoms with E-state index in [-0.39, 0.29) is 0 Å². The third-order valence-electron chi connectivity index (χ3n) is 0.619. The van der Waals surface area contributed by atoms with Crippen LogP contribution in [0.2, 0.25) is 0 Å². The Labute approximate surface area is 66.7 Å². The summed E-state index contributed by atoms with van der Waals surface area (Å²) in [5.74, 6) is -1.34. The molecule has 0 spiro atoms. The molecule has 0 aromatic rings. The number of hydrogen-bond acceptors (Lipinski definition) is 2. The van der Waals surface area contributed by atoms with Gasteiger partial charge in [0.25, 0.3) is 0 Å². The van der Waals surface area contributed by atoms with Crippen molar-refractivity contribution in [2.75, 3.05) is 0 Å². The number of carboxylic acid groups (broad SMARTS) is 1. The largest absolute Gasteiger partial charge is 0.480 e. The summed E-state index contributed by atoms with van der Waals surface area (Å²) in [4.78, 5) is 9.97. The van der Waals surface area contributed by atoms with Crippen LogP contribution in [0.1, 0.15) is 0 Å². The number of aliphatic carboxylic acids is 1. The van der Waals surface area contributed by atoms with Crippen LogP contribution < -0.4 is 5.73 Å². The average molecular weight is 192 g/mol. The average Bonchev–Trinajstić information content (AvgIpc) is 1.62. The molecule has 0 saturated carbocycles. The first-order valence-electron chi connectivity index (χ1n) is 1.91. The molecule has 3 N–H and O–H groups in total. The molecule has 9 heavy (non-hydrogen) atoms. The van der Waals surface area contributed by atoms with E-state index < -0.39 is 15.8 Å². The number of rotatable bonds is 1. The van der Waals surface area contributed by atoms with Gasteiger partial charge in [-0.15, -0.1) is 0 Å². The van der Waals surface area contributed by atoms with E-state index in [0.717, 1.165) is 0 Å². The normalized spacial score (nSPS) is 15.1. The Hall–Kier alpha value is 0.300. The minimum absolute atomic E-state index is 1.34. The van der Waals surface area contributed by atoms with E-state index in [1.807, 2.05) is 0 Å². The molecule has 0 radical (unpaired) electrons. The van der Waals surface area contributed by atoms with Crippen molar-refractivity contribution in [3.8, 4) is 0 Å². The molecule has 0 unspecified atom stereocenters. The van der Waals surface area contributed by atoms with Crippen molar-refractivity contribution < 1.29 is 9.90 Å². The first-order chi connectivity index (χ1) is 3.85. The Bertz CT molecular complexity index is 121. The molecular formula is C3H4Cl3NO2. The van der Waals surface area contributed by atoms with Crippen LogP contribution in [0.3, 0.4) is 0 Å². The second-order valence-electron chi connectivity index (χ2n) is 1.36. The zero-order valence-corrected chi connectivity index (χ0v) is 6.41.